The summed E-state index contributed by atoms with van der Waals surface area (Å²) < 4.78 is 14.0. The molecule has 2 aromatic carbocycles. The Hall–Kier alpha value is -2.40. The first kappa shape index (κ1) is 18.4. The lowest BCUT2D eigenvalue weighted by atomic mass is 9.81. The van der Waals surface area contributed by atoms with Crippen molar-refractivity contribution in [3.05, 3.63) is 70.5 Å². The van der Waals surface area contributed by atoms with Crippen LogP contribution in [0.3, 0.4) is 0 Å². The third-order valence-corrected chi connectivity index (χ3v) is 5.71. The zero-order valence-electron chi connectivity index (χ0n) is 14.6. The molecule has 0 unspecified atom stereocenters. The highest BCUT2D eigenvalue weighted by atomic mass is 32.2. The van der Waals surface area contributed by atoms with Crippen molar-refractivity contribution >= 4 is 29.6 Å². The second-order valence-electron chi connectivity index (χ2n) is 6.93. The van der Waals surface area contributed by atoms with Crippen molar-refractivity contribution in [2.45, 2.75) is 30.6 Å². The molecule has 0 spiro atoms. The molecular weight excluding hydrogens is 351 g/mol. The Labute approximate surface area is 155 Å². The van der Waals surface area contributed by atoms with Gasteiger partial charge in [-0.3, -0.25) is 4.79 Å². The van der Waals surface area contributed by atoms with Crippen LogP contribution in [0.4, 0.5) is 4.39 Å². The van der Waals surface area contributed by atoms with Crippen molar-refractivity contribution < 1.29 is 19.1 Å². The van der Waals surface area contributed by atoms with Crippen molar-refractivity contribution in [3.8, 4) is 0 Å². The number of ketones is 1. The van der Waals surface area contributed by atoms with Crippen LogP contribution in [0.15, 0.2) is 47.4 Å². The summed E-state index contributed by atoms with van der Waals surface area (Å²) in [5, 5.41) is 8.87. The number of thioether (sulfide) groups is 1. The lowest BCUT2D eigenvalue weighted by Crippen LogP contribution is -2.23. The molecule has 5 heteroatoms. The van der Waals surface area contributed by atoms with E-state index in [0.717, 1.165) is 18.2 Å². The number of rotatable bonds is 4. The molecule has 26 heavy (non-hydrogen) atoms. The van der Waals surface area contributed by atoms with Crippen LogP contribution in [0.2, 0.25) is 0 Å². The smallest absolute Gasteiger partial charge is 0.335 e. The Bertz CT molecular complexity index is 915. The fourth-order valence-electron chi connectivity index (χ4n) is 2.95. The lowest BCUT2D eigenvalue weighted by Gasteiger charge is -2.32. The lowest BCUT2D eigenvalue weighted by molar-refractivity contribution is 0.0696. The summed E-state index contributed by atoms with van der Waals surface area (Å²) in [5.74, 6) is -0.999. The van der Waals surface area contributed by atoms with Gasteiger partial charge in [-0.15, -0.1) is 11.8 Å². The van der Waals surface area contributed by atoms with Crippen LogP contribution in [0.25, 0.3) is 6.08 Å². The first-order valence-corrected chi connectivity index (χ1v) is 9.29. The average Bonchev–Trinajstić information content (AvgIpc) is 2.60. The number of carbonyl (C=O) groups excluding carboxylic acids is 1. The third kappa shape index (κ3) is 3.73. The molecule has 1 aliphatic heterocycles. The van der Waals surface area contributed by atoms with Gasteiger partial charge in [-0.1, -0.05) is 19.9 Å². The number of carboxylic acid groups (broad SMARTS) is 1. The van der Waals surface area contributed by atoms with Gasteiger partial charge in [0.2, 0.25) is 0 Å². The van der Waals surface area contributed by atoms with Crippen LogP contribution in [0.1, 0.15) is 52.1 Å². The van der Waals surface area contributed by atoms with Crippen LogP contribution in [0.5, 0.6) is 0 Å². The van der Waals surface area contributed by atoms with Crippen molar-refractivity contribution in [1.29, 1.82) is 0 Å². The molecule has 0 saturated carbocycles. The molecule has 0 aromatic heterocycles. The largest absolute Gasteiger partial charge is 0.478 e. The SMILES string of the molecule is CC1(C)CCSc2ccc(C(=O)C=Cc3ccc(C(=O)O)cc3F)cc21. The average molecular weight is 370 g/mol. The summed E-state index contributed by atoms with van der Waals surface area (Å²) in [6.07, 6.45) is 3.76. The number of fused-ring (bicyclic) bond motifs is 1. The minimum atomic E-state index is -1.19. The first-order valence-electron chi connectivity index (χ1n) is 8.30. The summed E-state index contributed by atoms with van der Waals surface area (Å²) in [7, 11) is 0. The molecule has 3 nitrogen and oxygen atoms in total. The summed E-state index contributed by atoms with van der Waals surface area (Å²) in [4.78, 5) is 24.5. The van der Waals surface area contributed by atoms with E-state index in [0.29, 0.717) is 5.56 Å². The molecule has 0 amide bonds. The van der Waals surface area contributed by atoms with E-state index < -0.39 is 11.8 Å². The number of benzene rings is 2. The van der Waals surface area contributed by atoms with E-state index in [1.165, 1.54) is 34.7 Å². The van der Waals surface area contributed by atoms with Crippen molar-refractivity contribution in [2.75, 3.05) is 5.75 Å². The van der Waals surface area contributed by atoms with Gasteiger partial charge in [0, 0.05) is 16.0 Å². The Kier molecular flexibility index (Phi) is 5.01. The molecule has 0 atom stereocenters. The minimum Gasteiger partial charge on any atom is -0.478 e. The maximum atomic E-state index is 14.0. The predicted molar refractivity (Wildman–Crippen MR) is 102 cm³/mol. The van der Waals surface area contributed by atoms with Gasteiger partial charge < -0.3 is 5.11 Å². The molecule has 1 aliphatic rings. The van der Waals surface area contributed by atoms with Crippen LogP contribution in [-0.4, -0.2) is 22.6 Å². The molecule has 134 valence electrons. The van der Waals surface area contributed by atoms with Gasteiger partial charge in [0.25, 0.3) is 0 Å². The van der Waals surface area contributed by atoms with E-state index in [1.807, 2.05) is 12.1 Å². The van der Waals surface area contributed by atoms with Crippen LogP contribution in [-0.2, 0) is 5.41 Å². The molecule has 0 fully saturated rings. The molecular formula is C21H19FO3S. The molecule has 0 radical (unpaired) electrons. The number of carboxylic acids is 1. The number of hydrogen-bond acceptors (Lipinski definition) is 3. The van der Waals surface area contributed by atoms with Gasteiger partial charge in [0.1, 0.15) is 5.82 Å². The topological polar surface area (TPSA) is 54.4 Å². The van der Waals surface area contributed by atoms with Crippen molar-refractivity contribution in [1.82, 2.24) is 0 Å². The van der Waals surface area contributed by atoms with Crippen LogP contribution >= 0.6 is 11.8 Å². The number of carbonyl (C=O) groups is 2. The molecule has 0 saturated heterocycles. The maximum Gasteiger partial charge on any atom is 0.335 e. The van der Waals surface area contributed by atoms with Crippen molar-refractivity contribution in [2.24, 2.45) is 0 Å². The Morgan fingerprint density at radius 1 is 1.15 bits per heavy atom. The normalized spacial score (nSPS) is 15.7. The number of allylic oxidation sites excluding steroid dienone is 1. The third-order valence-electron chi connectivity index (χ3n) is 4.64. The standard InChI is InChI=1S/C21H19FO3S/c1-21(2)9-10-26-19-8-6-14(11-16(19)21)18(23)7-5-13-3-4-15(20(24)25)12-17(13)22/h3-8,11-12H,9-10H2,1-2H3,(H,24,25). The van der Waals surface area contributed by atoms with E-state index in [-0.39, 0.29) is 22.3 Å². The summed E-state index contributed by atoms with van der Waals surface area (Å²) in [6, 6.07) is 9.32. The minimum absolute atomic E-state index is 0.0271. The van der Waals surface area contributed by atoms with E-state index in [9.17, 15) is 14.0 Å². The fourth-order valence-corrected chi connectivity index (χ4v) is 4.43. The second kappa shape index (κ2) is 7.08. The Morgan fingerprint density at radius 3 is 2.58 bits per heavy atom. The van der Waals surface area contributed by atoms with E-state index in [1.54, 1.807) is 17.8 Å². The van der Waals surface area contributed by atoms with E-state index in [2.05, 4.69) is 13.8 Å². The maximum absolute atomic E-state index is 14.0. The summed E-state index contributed by atoms with van der Waals surface area (Å²) in [5.41, 5.74) is 1.82. The Balaban J connectivity index is 1.85. The highest BCUT2D eigenvalue weighted by molar-refractivity contribution is 7.99. The number of halogens is 1. The van der Waals surface area contributed by atoms with Crippen LogP contribution < -0.4 is 0 Å². The van der Waals surface area contributed by atoms with E-state index in [4.69, 9.17) is 5.11 Å². The van der Waals surface area contributed by atoms with Gasteiger partial charge in [-0.05, 0) is 65.6 Å². The van der Waals surface area contributed by atoms with Gasteiger partial charge >= 0.3 is 5.97 Å². The highest BCUT2D eigenvalue weighted by Gasteiger charge is 2.28. The molecule has 1 N–H and O–H groups in total. The summed E-state index contributed by atoms with van der Waals surface area (Å²) >= 11 is 1.80. The zero-order chi connectivity index (χ0) is 18.9. The zero-order valence-corrected chi connectivity index (χ0v) is 15.4. The quantitative estimate of drug-likeness (QED) is 0.594. The second-order valence-corrected chi connectivity index (χ2v) is 8.07. The number of aromatic carboxylic acids is 1. The predicted octanol–water partition coefficient (Wildman–Crippen LogP) is 5.19. The molecule has 1 heterocycles. The molecule has 0 bridgehead atoms. The van der Waals surface area contributed by atoms with Gasteiger partial charge in [0.05, 0.1) is 5.56 Å². The van der Waals surface area contributed by atoms with E-state index >= 15 is 0 Å². The fraction of sp³-hybridized carbons (Fsp3) is 0.238. The van der Waals surface area contributed by atoms with Gasteiger partial charge in [0.15, 0.2) is 5.78 Å². The highest BCUT2D eigenvalue weighted by Crippen LogP contribution is 2.41. The molecule has 3 rings (SSSR count). The van der Waals surface area contributed by atoms with Crippen molar-refractivity contribution in [3.63, 3.8) is 0 Å². The van der Waals surface area contributed by atoms with Crippen LogP contribution in [0, 0.1) is 5.82 Å². The molecule has 0 aliphatic carbocycles. The van der Waals surface area contributed by atoms with Gasteiger partial charge in [-0.25, -0.2) is 9.18 Å². The Morgan fingerprint density at radius 2 is 1.88 bits per heavy atom. The van der Waals surface area contributed by atoms with Gasteiger partial charge in [-0.2, -0.15) is 0 Å². The summed E-state index contributed by atoms with van der Waals surface area (Å²) in [6.45, 7) is 4.35. The monoisotopic (exact) mass is 370 g/mol. The first-order chi connectivity index (χ1) is 12.3. The number of hydrogen-bond donors (Lipinski definition) is 1. The molecule has 2 aromatic rings.